The summed E-state index contributed by atoms with van der Waals surface area (Å²) in [4.78, 5) is 6.57. The lowest BCUT2D eigenvalue weighted by Gasteiger charge is -2.20. The van der Waals surface area contributed by atoms with Gasteiger partial charge in [0.1, 0.15) is 0 Å². The average Bonchev–Trinajstić information content (AvgIpc) is 3.02. The number of hydrogen-bond donors (Lipinski definition) is 0. The van der Waals surface area contributed by atoms with Crippen molar-refractivity contribution >= 4 is 11.6 Å². The van der Waals surface area contributed by atoms with Crippen molar-refractivity contribution < 1.29 is 0 Å². The molecule has 1 fully saturated rings. The van der Waals surface area contributed by atoms with Crippen LogP contribution in [0.15, 0.2) is 24.5 Å². The Morgan fingerprint density at radius 3 is 2.93 bits per heavy atom. The van der Waals surface area contributed by atoms with Crippen LogP contribution in [0.2, 0.25) is 0 Å². The lowest BCUT2D eigenvalue weighted by atomic mass is 10.2. The number of rotatable bonds is 5. The molecule has 1 heterocycles. The molecule has 0 aliphatic heterocycles. The molecule has 0 atom stereocenters. The third-order valence-corrected chi connectivity index (χ3v) is 2.71. The van der Waals surface area contributed by atoms with E-state index in [2.05, 4.69) is 16.0 Å². The quantitative estimate of drug-likeness (QED) is 0.694. The van der Waals surface area contributed by atoms with Crippen LogP contribution in [-0.4, -0.2) is 28.4 Å². The van der Waals surface area contributed by atoms with Gasteiger partial charge in [0, 0.05) is 37.4 Å². The van der Waals surface area contributed by atoms with E-state index in [4.69, 9.17) is 11.6 Å². The van der Waals surface area contributed by atoms with Gasteiger partial charge in [-0.25, -0.2) is 0 Å². The molecule has 0 N–H and O–H groups in total. The molecule has 76 valence electrons. The number of aromatic nitrogens is 1. The third-order valence-electron chi connectivity index (χ3n) is 2.54. The highest BCUT2D eigenvalue weighted by molar-refractivity contribution is 6.18. The van der Waals surface area contributed by atoms with Gasteiger partial charge in [0.15, 0.2) is 0 Å². The zero-order valence-corrected chi connectivity index (χ0v) is 8.95. The normalized spacial score (nSPS) is 16.1. The zero-order valence-electron chi connectivity index (χ0n) is 8.19. The molecule has 1 aromatic heterocycles. The number of hydrogen-bond acceptors (Lipinski definition) is 2. The molecule has 2 rings (SSSR count). The Balaban J connectivity index is 1.93. The molecule has 0 amide bonds. The minimum atomic E-state index is 0.719. The van der Waals surface area contributed by atoms with Crippen molar-refractivity contribution in [2.45, 2.75) is 25.4 Å². The van der Waals surface area contributed by atoms with Gasteiger partial charge in [0.25, 0.3) is 0 Å². The van der Waals surface area contributed by atoms with Gasteiger partial charge in [-0.05, 0) is 24.5 Å². The molecule has 0 unspecified atom stereocenters. The monoisotopic (exact) mass is 210 g/mol. The molecule has 0 spiro atoms. The predicted molar refractivity (Wildman–Crippen MR) is 58.4 cm³/mol. The Morgan fingerprint density at radius 2 is 2.36 bits per heavy atom. The van der Waals surface area contributed by atoms with Crippen LogP contribution < -0.4 is 0 Å². The first-order chi connectivity index (χ1) is 6.90. The summed E-state index contributed by atoms with van der Waals surface area (Å²) in [6.45, 7) is 1.98. The number of alkyl halides is 1. The van der Waals surface area contributed by atoms with E-state index in [9.17, 15) is 0 Å². The fourth-order valence-corrected chi connectivity index (χ4v) is 1.88. The van der Waals surface area contributed by atoms with Crippen LogP contribution in [0, 0.1) is 0 Å². The fraction of sp³-hybridized carbons (Fsp3) is 0.545. The second-order valence-corrected chi connectivity index (χ2v) is 4.13. The number of nitrogens with zero attached hydrogens (tertiary/aromatic N) is 2. The standard InChI is InChI=1S/C11H15ClN2/c12-5-7-14(11-3-4-11)9-10-2-1-6-13-8-10/h1-2,6,8,11H,3-5,7,9H2. The first kappa shape index (κ1) is 9.94. The maximum atomic E-state index is 5.78. The van der Waals surface area contributed by atoms with E-state index in [0.717, 1.165) is 25.0 Å². The van der Waals surface area contributed by atoms with E-state index in [0.29, 0.717) is 0 Å². The largest absolute Gasteiger partial charge is 0.295 e. The van der Waals surface area contributed by atoms with Crippen LogP contribution in [0.3, 0.4) is 0 Å². The average molecular weight is 211 g/mol. The Kier molecular flexibility index (Phi) is 3.38. The molecule has 0 saturated heterocycles. The highest BCUT2D eigenvalue weighted by atomic mass is 35.5. The Bertz CT molecular complexity index is 272. The first-order valence-electron chi connectivity index (χ1n) is 5.09. The smallest absolute Gasteiger partial charge is 0.0351 e. The van der Waals surface area contributed by atoms with Gasteiger partial charge in [-0.2, -0.15) is 0 Å². The van der Waals surface area contributed by atoms with Crippen molar-refractivity contribution in [1.82, 2.24) is 9.88 Å². The van der Waals surface area contributed by atoms with Gasteiger partial charge in [0.2, 0.25) is 0 Å². The molecule has 0 radical (unpaired) electrons. The molecule has 1 saturated carbocycles. The molecule has 2 nitrogen and oxygen atoms in total. The summed E-state index contributed by atoms with van der Waals surface area (Å²) in [5.41, 5.74) is 1.28. The van der Waals surface area contributed by atoms with E-state index < -0.39 is 0 Å². The van der Waals surface area contributed by atoms with Crippen LogP contribution in [0.1, 0.15) is 18.4 Å². The van der Waals surface area contributed by atoms with Crippen LogP contribution in [0.5, 0.6) is 0 Å². The summed E-state index contributed by atoms with van der Waals surface area (Å²) in [6.07, 6.45) is 6.41. The van der Waals surface area contributed by atoms with Crippen molar-refractivity contribution in [3.8, 4) is 0 Å². The topological polar surface area (TPSA) is 16.1 Å². The van der Waals surface area contributed by atoms with Gasteiger partial charge in [0.05, 0.1) is 0 Å². The van der Waals surface area contributed by atoms with Gasteiger partial charge in [-0.15, -0.1) is 11.6 Å². The minimum Gasteiger partial charge on any atom is -0.295 e. The summed E-state index contributed by atoms with van der Waals surface area (Å²) < 4.78 is 0. The van der Waals surface area contributed by atoms with Crippen molar-refractivity contribution in [3.05, 3.63) is 30.1 Å². The predicted octanol–water partition coefficient (Wildman–Crippen LogP) is 2.28. The second-order valence-electron chi connectivity index (χ2n) is 3.75. The maximum Gasteiger partial charge on any atom is 0.0351 e. The Morgan fingerprint density at radius 1 is 1.50 bits per heavy atom. The van der Waals surface area contributed by atoms with Gasteiger partial charge in [-0.3, -0.25) is 9.88 Å². The van der Waals surface area contributed by atoms with Crippen LogP contribution in [-0.2, 0) is 6.54 Å². The maximum absolute atomic E-state index is 5.78. The highest BCUT2D eigenvalue weighted by Gasteiger charge is 2.28. The van der Waals surface area contributed by atoms with Gasteiger partial charge < -0.3 is 0 Å². The molecular weight excluding hydrogens is 196 g/mol. The van der Waals surface area contributed by atoms with E-state index in [-0.39, 0.29) is 0 Å². The third kappa shape index (κ3) is 2.69. The minimum absolute atomic E-state index is 0.719. The van der Waals surface area contributed by atoms with Crippen LogP contribution in [0.25, 0.3) is 0 Å². The summed E-state index contributed by atoms with van der Waals surface area (Å²) in [6, 6.07) is 4.88. The summed E-state index contributed by atoms with van der Waals surface area (Å²) in [5, 5.41) is 0. The number of pyridine rings is 1. The SMILES string of the molecule is ClCCN(Cc1cccnc1)C1CC1. The molecule has 1 aliphatic carbocycles. The van der Waals surface area contributed by atoms with Gasteiger partial charge in [-0.1, -0.05) is 6.07 Å². The molecule has 0 aromatic carbocycles. The summed E-state index contributed by atoms with van der Waals surface area (Å²) in [5.74, 6) is 0.719. The second kappa shape index (κ2) is 4.76. The molecule has 1 aromatic rings. The fourth-order valence-electron chi connectivity index (χ4n) is 1.67. The lowest BCUT2D eigenvalue weighted by molar-refractivity contribution is 0.270. The highest BCUT2D eigenvalue weighted by Crippen LogP contribution is 2.27. The van der Waals surface area contributed by atoms with E-state index >= 15 is 0 Å². The molecular formula is C11H15ClN2. The van der Waals surface area contributed by atoms with E-state index in [1.807, 2.05) is 18.5 Å². The van der Waals surface area contributed by atoms with E-state index in [1.165, 1.54) is 18.4 Å². The lowest BCUT2D eigenvalue weighted by Crippen LogP contribution is -2.27. The van der Waals surface area contributed by atoms with Crippen molar-refractivity contribution in [2.75, 3.05) is 12.4 Å². The van der Waals surface area contributed by atoms with Crippen molar-refractivity contribution in [3.63, 3.8) is 0 Å². The van der Waals surface area contributed by atoms with Crippen molar-refractivity contribution in [1.29, 1.82) is 0 Å². The first-order valence-corrected chi connectivity index (χ1v) is 5.62. The van der Waals surface area contributed by atoms with Crippen LogP contribution in [0.4, 0.5) is 0 Å². The molecule has 3 heteroatoms. The van der Waals surface area contributed by atoms with Gasteiger partial charge >= 0.3 is 0 Å². The molecule has 0 bridgehead atoms. The van der Waals surface area contributed by atoms with Crippen molar-refractivity contribution in [2.24, 2.45) is 0 Å². The summed E-state index contributed by atoms with van der Waals surface area (Å²) in [7, 11) is 0. The summed E-state index contributed by atoms with van der Waals surface area (Å²) >= 11 is 5.78. The Labute approximate surface area is 89.9 Å². The zero-order chi connectivity index (χ0) is 9.80. The van der Waals surface area contributed by atoms with E-state index in [1.54, 1.807) is 0 Å². The Hall–Kier alpha value is -0.600. The molecule has 14 heavy (non-hydrogen) atoms. The van der Waals surface area contributed by atoms with Crippen LogP contribution >= 0.6 is 11.6 Å². The number of halogens is 1. The molecule has 1 aliphatic rings.